The van der Waals surface area contributed by atoms with E-state index in [2.05, 4.69) is 0 Å². The molecule has 2 rings (SSSR count). The van der Waals surface area contributed by atoms with Gasteiger partial charge >= 0.3 is 0 Å². The van der Waals surface area contributed by atoms with Gasteiger partial charge in [-0.2, -0.15) is 0 Å². The Morgan fingerprint density at radius 1 is 1.32 bits per heavy atom. The first-order valence-corrected chi connectivity index (χ1v) is 10.1. The number of amides is 2. The molecule has 1 heterocycles. The van der Waals surface area contributed by atoms with E-state index in [1.165, 1.54) is 0 Å². The fraction of sp³-hybridized carbons (Fsp3) is 0.556. The summed E-state index contributed by atoms with van der Waals surface area (Å²) in [5.74, 6) is 0.516. The Morgan fingerprint density at radius 3 is 2.60 bits per heavy atom. The maximum absolute atomic E-state index is 12.5. The van der Waals surface area contributed by atoms with Crippen LogP contribution in [0.25, 0.3) is 0 Å². The topological polar surface area (TPSA) is 40.6 Å². The van der Waals surface area contributed by atoms with Crippen LogP contribution in [-0.4, -0.2) is 47.0 Å². The predicted molar refractivity (Wildman–Crippen MR) is 105 cm³/mol. The average Bonchev–Trinajstić information content (AvgIpc) is 2.82. The second-order valence-corrected chi connectivity index (χ2v) is 8.99. The van der Waals surface area contributed by atoms with Crippen LogP contribution in [0.1, 0.15) is 38.1 Å². The van der Waals surface area contributed by atoms with E-state index in [1.807, 2.05) is 37.8 Å². The lowest BCUT2D eigenvalue weighted by Gasteiger charge is -2.27. The van der Waals surface area contributed by atoms with E-state index in [0.717, 1.165) is 5.56 Å². The highest BCUT2D eigenvalue weighted by atomic mass is 35.5. The molecule has 138 valence electrons. The molecule has 0 N–H and O–H groups in total. The highest BCUT2D eigenvalue weighted by molar-refractivity contribution is 8.01. The number of likely N-dealkylation sites (N-methyl/N-ethyl adjacent to an activating group) is 1. The van der Waals surface area contributed by atoms with E-state index in [-0.39, 0.29) is 22.4 Å². The largest absolute Gasteiger partial charge is 0.344 e. The highest BCUT2D eigenvalue weighted by Crippen LogP contribution is 2.43. The number of benzene rings is 1. The summed E-state index contributed by atoms with van der Waals surface area (Å²) in [4.78, 5) is 28.2. The molecule has 4 nitrogen and oxygen atoms in total. The number of halogens is 2. The summed E-state index contributed by atoms with van der Waals surface area (Å²) >= 11 is 13.7. The Kier molecular flexibility index (Phi) is 7.06. The maximum atomic E-state index is 12.5. The summed E-state index contributed by atoms with van der Waals surface area (Å²) in [6.07, 6.45) is 0.520. The van der Waals surface area contributed by atoms with Crippen molar-refractivity contribution in [2.75, 3.05) is 20.1 Å². The van der Waals surface area contributed by atoms with Crippen LogP contribution >= 0.6 is 35.0 Å². The van der Waals surface area contributed by atoms with E-state index in [4.69, 9.17) is 23.2 Å². The van der Waals surface area contributed by atoms with Crippen LogP contribution in [0, 0.1) is 5.92 Å². The van der Waals surface area contributed by atoms with Gasteiger partial charge in [0.1, 0.15) is 5.37 Å². The lowest BCUT2D eigenvalue weighted by Crippen LogP contribution is -2.39. The minimum Gasteiger partial charge on any atom is -0.344 e. The molecule has 1 aromatic rings. The molecular formula is C18H24Cl2N2O2S. The van der Waals surface area contributed by atoms with Gasteiger partial charge in [-0.3, -0.25) is 9.59 Å². The molecule has 1 aliphatic rings. The molecule has 2 atom stereocenters. The smallest absolute Gasteiger partial charge is 0.236 e. The van der Waals surface area contributed by atoms with Crippen molar-refractivity contribution in [3.63, 3.8) is 0 Å². The molecule has 0 radical (unpaired) electrons. The first-order valence-electron chi connectivity index (χ1n) is 8.35. The van der Waals surface area contributed by atoms with Gasteiger partial charge in [0.2, 0.25) is 11.8 Å². The molecule has 0 bridgehead atoms. The summed E-state index contributed by atoms with van der Waals surface area (Å²) in [5, 5.41) is 0.760. The summed E-state index contributed by atoms with van der Waals surface area (Å²) in [6, 6.07) is 5.47. The molecule has 0 saturated carbocycles. The second kappa shape index (κ2) is 8.65. The van der Waals surface area contributed by atoms with Crippen molar-refractivity contribution < 1.29 is 9.59 Å². The number of carbonyl (C=O) groups excluding carboxylic acids is 2. The first kappa shape index (κ1) is 20.4. The van der Waals surface area contributed by atoms with E-state index in [1.54, 1.807) is 29.8 Å². The number of nitrogens with zero attached hydrogens (tertiary/aromatic N) is 2. The zero-order valence-electron chi connectivity index (χ0n) is 15.0. The van der Waals surface area contributed by atoms with Gasteiger partial charge in [-0.25, -0.2) is 0 Å². The van der Waals surface area contributed by atoms with E-state index < -0.39 is 0 Å². The van der Waals surface area contributed by atoms with Crippen LogP contribution in [0.15, 0.2) is 18.2 Å². The summed E-state index contributed by atoms with van der Waals surface area (Å²) in [7, 11) is 1.79. The fourth-order valence-corrected chi connectivity index (χ4v) is 4.32. The first-order chi connectivity index (χ1) is 11.7. The molecule has 1 aliphatic heterocycles. The van der Waals surface area contributed by atoms with E-state index in [0.29, 0.717) is 35.5 Å². The number of rotatable bonds is 6. The minimum absolute atomic E-state index is 0.0887. The van der Waals surface area contributed by atoms with Crippen LogP contribution in [0.2, 0.25) is 10.0 Å². The van der Waals surface area contributed by atoms with Crippen molar-refractivity contribution in [3.05, 3.63) is 33.8 Å². The number of hydrogen-bond acceptors (Lipinski definition) is 3. The Bertz CT molecular complexity index is 654. The van der Waals surface area contributed by atoms with Crippen molar-refractivity contribution in [1.29, 1.82) is 0 Å². The van der Waals surface area contributed by atoms with Crippen molar-refractivity contribution in [2.24, 2.45) is 5.92 Å². The quantitative estimate of drug-likeness (QED) is 0.704. The molecule has 25 heavy (non-hydrogen) atoms. The summed E-state index contributed by atoms with van der Waals surface area (Å²) < 4.78 is 0. The van der Waals surface area contributed by atoms with Crippen LogP contribution < -0.4 is 0 Å². The zero-order chi connectivity index (χ0) is 18.7. The summed E-state index contributed by atoms with van der Waals surface area (Å²) in [5.41, 5.74) is 0.952. The highest BCUT2D eigenvalue weighted by Gasteiger charge is 2.38. The molecule has 0 spiro atoms. The van der Waals surface area contributed by atoms with Crippen molar-refractivity contribution in [3.8, 4) is 0 Å². The SMILES string of the molecule is CC(C)CC(=O)N(C)CCN1C(=O)[C@@H](C)S[C@H]1c1ccc(Cl)c(Cl)c1. The molecule has 0 aliphatic carbocycles. The molecule has 0 aromatic heterocycles. The Balaban J connectivity index is 2.09. The van der Waals surface area contributed by atoms with Crippen LogP contribution in [-0.2, 0) is 9.59 Å². The van der Waals surface area contributed by atoms with E-state index in [9.17, 15) is 9.59 Å². The lowest BCUT2D eigenvalue weighted by molar-refractivity contribution is -0.134. The van der Waals surface area contributed by atoms with Gasteiger partial charge in [0.15, 0.2) is 0 Å². The zero-order valence-corrected chi connectivity index (χ0v) is 17.3. The normalized spacial score (nSPS) is 20.4. The monoisotopic (exact) mass is 402 g/mol. The molecule has 2 amide bonds. The minimum atomic E-state index is -0.115. The van der Waals surface area contributed by atoms with Gasteiger partial charge in [0, 0.05) is 26.6 Å². The number of carbonyl (C=O) groups is 2. The van der Waals surface area contributed by atoms with Crippen molar-refractivity contribution >= 4 is 46.8 Å². The van der Waals surface area contributed by atoms with Gasteiger partial charge in [-0.1, -0.05) is 43.1 Å². The Morgan fingerprint density at radius 2 is 2.00 bits per heavy atom. The van der Waals surface area contributed by atoms with Gasteiger partial charge in [-0.05, 0) is 30.5 Å². The van der Waals surface area contributed by atoms with Gasteiger partial charge in [0.05, 0.1) is 15.3 Å². The average molecular weight is 403 g/mol. The van der Waals surface area contributed by atoms with E-state index >= 15 is 0 Å². The lowest BCUT2D eigenvalue weighted by atomic mass is 10.1. The molecular weight excluding hydrogens is 379 g/mol. The third-order valence-corrected chi connectivity index (χ3v) is 6.29. The van der Waals surface area contributed by atoms with Gasteiger partial charge < -0.3 is 9.80 Å². The van der Waals surface area contributed by atoms with Gasteiger partial charge in [-0.15, -0.1) is 11.8 Å². The Hall–Kier alpha value is -0.910. The second-order valence-electron chi connectivity index (χ2n) is 6.75. The Labute approximate surface area is 163 Å². The van der Waals surface area contributed by atoms with Crippen LogP contribution in [0.5, 0.6) is 0 Å². The standard InChI is InChI=1S/C18H24Cl2N2O2S/c1-11(2)9-16(23)21(4)7-8-22-17(24)12(3)25-18(22)13-5-6-14(19)15(20)10-13/h5-6,10-12,18H,7-9H2,1-4H3/t12-,18+/m1/s1. The van der Waals surface area contributed by atoms with Crippen molar-refractivity contribution in [2.45, 2.75) is 37.8 Å². The third-order valence-electron chi connectivity index (χ3n) is 4.16. The predicted octanol–water partition coefficient (Wildman–Crippen LogP) is 4.46. The number of hydrogen-bond donors (Lipinski definition) is 0. The maximum Gasteiger partial charge on any atom is 0.236 e. The molecule has 7 heteroatoms. The molecule has 1 fully saturated rings. The molecule has 0 unspecified atom stereocenters. The fourth-order valence-electron chi connectivity index (χ4n) is 2.71. The summed E-state index contributed by atoms with van der Waals surface area (Å²) in [6.45, 7) is 6.97. The number of thioether (sulfide) groups is 1. The van der Waals surface area contributed by atoms with Gasteiger partial charge in [0.25, 0.3) is 0 Å². The van der Waals surface area contributed by atoms with Crippen LogP contribution in [0.4, 0.5) is 0 Å². The van der Waals surface area contributed by atoms with Crippen molar-refractivity contribution in [1.82, 2.24) is 9.80 Å². The molecule has 1 saturated heterocycles. The third kappa shape index (κ3) is 5.05. The molecule has 1 aromatic carbocycles. The van der Waals surface area contributed by atoms with Crippen LogP contribution in [0.3, 0.4) is 0 Å².